The summed E-state index contributed by atoms with van der Waals surface area (Å²) in [5.41, 5.74) is 6.48. The molecule has 0 aliphatic carbocycles. The zero-order valence-corrected chi connectivity index (χ0v) is 10.2. The maximum Gasteiger partial charge on any atom is 0.0716 e. The maximum atomic E-state index is 11.3. The molecule has 0 aliphatic heterocycles. The molecule has 3 nitrogen and oxygen atoms in total. The molecule has 0 saturated heterocycles. The fraction of sp³-hybridized carbons (Fsp3) is 0.500. The van der Waals surface area contributed by atoms with Gasteiger partial charge in [-0.1, -0.05) is 30.3 Å². The number of rotatable bonds is 8. The van der Waals surface area contributed by atoms with E-state index in [1.165, 1.54) is 5.56 Å². The van der Waals surface area contributed by atoms with E-state index < -0.39 is 10.8 Å². The Bertz CT molecular complexity index is 303. The minimum Gasteiger partial charge on any atom is -0.377 e. The molecule has 0 amide bonds. The highest BCUT2D eigenvalue weighted by Gasteiger charge is 1.98. The monoisotopic (exact) mass is 241 g/mol. The van der Waals surface area contributed by atoms with Gasteiger partial charge in [0.25, 0.3) is 0 Å². The minimum absolute atomic E-state index is 0.498. The summed E-state index contributed by atoms with van der Waals surface area (Å²) in [6.45, 7) is 1.78. The van der Waals surface area contributed by atoms with E-state index in [1.807, 2.05) is 30.3 Å². The van der Waals surface area contributed by atoms with Crippen molar-refractivity contribution in [2.24, 2.45) is 5.73 Å². The molecule has 1 aromatic rings. The van der Waals surface area contributed by atoms with Crippen molar-refractivity contribution < 1.29 is 8.95 Å². The summed E-state index contributed by atoms with van der Waals surface area (Å²) in [5, 5.41) is 0. The summed E-state index contributed by atoms with van der Waals surface area (Å²) in [4.78, 5) is 0. The highest BCUT2D eigenvalue weighted by molar-refractivity contribution is 7.84. The van der Waals surface area contributed by atoms with Gasteiger partial charge >= 0.3 is 0 Å². The minimum atomic E-state index is -0.773. The first-order chi connectivity index (χ1) is 7.83. The molecule has 0 fully saturated rings. The second-order valence-electron chi connectivity index (χ2n) is 3.53. The lowest BCUT2D eigenvalue weighted by Crippen LogP contribution is -2.13. The summed E-state index contributed by atoms with van der Waals surface area (Å²) in [6.07, 6.45) is 0.833. The Morgan fingerprint density at radius 2 is 1.94 bits per heavy atom. The van der Waals surface area contributed by atoms with E-state index in [0.717, 1.165) is 6.42 Å². The van der Waals surface area contributed by atoms with Crippen molar-refractivity contribution in [3.8, 4) is 0 Å². The quantitative estimate of drug-likeness (QED) is 0.698. The number of nitrogens with two attached hydrogens (primary N) is 1. The Morgan fingerprint density at radius 1 is 1.19 bits per heavy atom. The Balaban J connectivity index is 2.02. The topological polar surface area (TPSA) is 52.3 Å². The van der Waals surface area contributed by atoms with Crippen LogP contribution >= 0.6 is 0 Å². The van der Waals surface area contributed by atoms with E-state index in [2.05, 4.69) is 0 Å². The van der Waals surface area contributed by atoms with Crippen LogP contribution in [0, 0.1) is 0 Å². The number of hydrogen-bond donors (Lipinski definition) is 1. The standard InChI is InChI=1S/C12H19NO2S/c13-7-10-16(14)9-4-8-15-11-12-5-2-1-3-6-12/h1-3,5-6H,4,7-11,13H2. The van der Waals surface area contributed by atoms with E-state index in [-0.39, 0.29) is 0 Å². The fourth-order valence-electron chi connectivity index (χ4n) is 1.32. The van der Waals surface area contributed by atoms with Crippen LogP contribution in [0.15, 0.2) is 30.3 Å². The van der Waals surface area contributed by atoms with Gasteiger partial charge in [-0.2, -0.15) is 0 Å². The normalized spacial score (nSPS) is 12.6. The van der Waals surface area contributed by atoms with Crippen LogP contribution in [0.1, 0.15) is 12.0 Å². The van der Waals surface area contributed by atoms with Gasteiger partial charge < -0.3 is 10.5 Å². The van der Waals surface area contributed by atoms with E-state index >= 15 is 0 Å². The first kappa shape index (κ1) is 13.4. The molecule has 90 valence electrons. The second kappa shape index (κ2) is 8.44. The van der Waals surface area contributed by atoms with Gasteiger partial charge in [-0.25, -0.2) is 0 Å². The van der Waals surface area contributed by atoms with Crippen LogP contribution in [0.25, 0.3) is 0 Å². The average Bonchev–Trinajstić information content (AvgIpc) is 2.30. The molecule has 1 atom stereocenters. The van der Waals surface area contributed by atoms with Crippen molar-refractivity contribution in [1.82, 2.24) is 0 Å². The van der Waals surface area contributed by atoms with Crippen molar-refractivity contribution in [3.05, 3.63) is 35.9 Å². The average molecular weight is 241 g/mol. The van der Waals surface area contributed by atoms with Gasteiger partial charge in [0.15, 0.2) is 0 Å². The molecular formula is C12H19NO2S. The van der Waals surface area contributed by atoms with Crippen molar-refractivity contribution in [1.29, 1.82) is 0 Å². The van der Waals surface area contributed by atoms with Crippen molar-refractivity contribution in [3.63, 3.8) is 0 Å². The first-order valence-electron chi connectivity index (χ1n) is 5.49. The lowest BCUT2D eigenvalue weighted by molar-refractivity contribution is 0.122. The highest BCUT2D eigenvalue weighted by atomic mass is 32.2. The molecule has 0 aliphatic rings. The number of benzene rings is 1. The molecule has 0 saturated carbocycles. The van der Waals surface area contributed by atoms with Gasteiger partial charge in [-0.05, 0) is 12.0 Å². The Kier molecular flexibility index (Phi) is 7.05. The largest absolute Gasteiger partial charge is 0.377 e. The van der Waals surface area contributed by atoms with Crippen molar-refractivity contribution in [2.45, 2.75) is 13.0 Å². The molecule has 0 spiro atoms. The second-order valence-corrected chi connectivity index (χ2v) is 5.22. The lowest BCUT2D eigenvalue weighted by atomic mass is 10.2. The van der Waals surface area contributed by atoms with Crippen LogP contribution in [-0.4, -0.2) is 28.9 Å². The summed E-state index contributed by atoms with van der Waals surface area (Å²) < 4.78 is 16.7. The van der Waals surface area contributed by atoms with E-state index in [4.69, 9.17) is 10.5 Å². The van der Waals surface area contributed by atoms with Gasteiger partial charge in [-0.15, -0.1) is 0 Å². The molecule has 0 aromatic heterocycles. The highest BCUT2D eigenvalue weighted by Crippen LogP contribution is 2.00. The smallest absolute Gasteiger partial charge is 0.0716 e. The number of ether oxygens (including phenoxy) is 1. The maximum absolute atomic E-state index is 11.3. The molecular weight excluding hydrogens is 222 g/mol. The summed E-state index contributed by atoms with van der Waals surface area (Å²) in [6, 6.07) is 10.0. The third-order valence-corrected chi connectivity index (χ3v) is 3.55. The van der Waals surface area contributed by atoms with E-state index in [9.17, 15) is 4.21 Å². The van der Waals surface area contributed by atoms with Gasteiger partial charge in [0.2, 0.25) is 0 Å². The van der Waals surface area contributed by atoms with Crippen LogP contribution in [0.4, 0.5) is 0 Å². The fourth-order valence-corrected chi connectivity index (χ4v) is 2.23. The zero-order chi connectivity index (χ0) is 11.6. The molecule has 16 heavy (non-hydrogen) atoms. The van der Waals surface area contributed by atoms with Crippen LogP contribution in [-0.2, 0) is 22.1 Å². The SMILES string of the molecule is NCCS(=O)CCCOCc1ccccc1. The van der Waals surface area contributed by atoms with Crippen LogP contribution < -0.4 is 5.73 Å². The van der Waals surface area contributed by atoms with Gasteiger partial charge in [0.1, 0.15) is 0 Å². The molecule has 1 rings (SSSR count). The summed E-state index contributed by atoms with van der Waals surface area (Å²) in [7, 11) is -0.773. The first-order valence-corrected chi connectivity index (χ1v) is 6.98. The van der Waals surface area contributed by atoms with E-state index in [1.54, 1.807) is 0 Å². The molecule has 1 unspecified atom stereocenters. The zero-order valence-electron chi connectivity index (χ0n) is 9.43. The number of hydrogen-bond acceptors (Lipinski definition) is 3. The predicted molar refractivity (Wildman–Crippen MR) is 67.6 cm³/mol. The Hall–Kier alpha value is -0.710. The Labute approximate surface area is 99.4 Å². The van der Waals surface area contributed by atoms with Crippen molar-refractivity contribution in [2.75, 3.05) is 24.7 Å². The van der Waals surface area contributed by atoms with Crippen molar-refractivity contribution >= 4 is 10.8 Å². The molecule has 0 heterocycles. The van der Waals surface area contributed by atoms with Crippen LogP contribution in [0.3, 0.4) is 0 Å². The molecule has 4 heteroatoms. The summed E-state index contributed by atoms with van der Waals surface area (Å²) >= 11 is 0. The van der Waals surface area contributed by atoms with Crippen LogP contribution in [0.5, 0.6) is 0 Å². The molecule has 1 aromatic carbocycles. The van der Waals surface area contributed by atoms with Gasteiger partial charge in [-0.3, -0.25) is 4.21 Å². The van der Waals surface area contributed by atoms with Gasteiger partial charge in [0.05, 0.1) is 6.61 Å². The van der Waals surface area contributed by atoms with E-state index in [0.29, 0.717) is 31.3 Å². The summed E-state index contributed by atoms with van der Waals surface area (Å²) in [5.74, 6) is 1.28. The molecule has 0 radical (unpaired) electrons. The Morgan fingerprint density at radius 3 is 2.62 bits per heavy atom. The third-order valence-electron chi connectivity index (χ3n) is 2.12. The molecule has 0 bridgehead atoms. The van der Waals surface area contributed by atoms with Crippen LogP contribution in [0.2, 0.25) is 0 Å². The molecule has 2 N–H and O–H groups in total. The lowest BCUT2D eigenvalue weighted by Gasteiger charge is -2.04. The predicted octanol–water partition coefficient (Wildman–Crippen LogP) is 1.30. The third kappa shape index (κ3) is 6.00. The van der Waals surface area contributed by atoms with Gasteiger partial charge in [0, 0.05) is 35.5 Å².